The summed E-state index contributed by atoms with van der Waals surface area (Å²) in [6, 6.07) is 6.05. The van der Waals surface area contributed by atoms with Gasteiger partial charge in [0.25, 0.3) is 0 Å². The fourth-order valence-corrected chi connectivity index (χ4v) is 4.21. The summed E-state index contributed by atoms with van der Waals surface area (Å²) in [5.41, 5.74) is 0.297. The highest BCUT2D eigenvalue weighted by Gasteiger charge is 2.20. The summed E-state index contributed by atoms with van der Waals surface area (Å²) in [7, 11) is 0. The Balaban J connectivity index is 2.43. The molecule has 0 amide bonds. The van der Waals surface area contributed by atoms with Gasteiger partial charge in [0.05, 0.1) is 8.61 Å². The van der Waals surface area contributed by atoms with Crippen LogP contribution in [0.1, 0.15) is 15.3 Å². The SMILES string of the molecule is Fc1cccc(C(Br)c2cc(Br)c(Br)s2)c1F. The molecule has 0 nitrogen and oxygen atoms in total. The van der Waals surface area contributed by atoms with E-state index in [9.17, 15) is 8.78 Å². The van der Waals surface area contributed by atoms with Crippen molar-refractivity contribution in [1.29, 1.82) is 0 Å². The minimum Gasteiger partial charge on any atom is -0.204 e. The Kier molecular flexibility index (Phi) is 4.39. The van der Waals surface area contributed by atoms with Gasteiger partial charge in [0, 0.05) is 14.9 Å². The summed E-state index contributed by atoms with van der Waals surface area (Å²) in [4.78, 5) is 0.541. The van der Waals surface area contributed by atoms with E-state index < -0.39 is 11.6 Å². The topological polar surface area (TPSA) is 0 Å². The fraction of sp³-hybridized carbons (Fsp3) is 0.0909. The molecule has 2 rings (SSSR count). The van der Waals surface area contributed by atoms with Crippen LogP contribution in [0.5, 0.6) is 0 Å². The Labute approximate surface area is 126 Å². The molecule has 0 fully saturated rings. The maximum Gasteiger partial charge on any atom is 0.163 e. The first-order valence-electron chi connectivity index (χ1n) is 4.53. The van der Waals surface area contributed by atoms with Crippen LogP contribution >= 0.6 is 59.1 Å². The van der Waals surface area contributed by atoms with E-state index in [0.29, 0.717) is 5.56 Å². The molecule has 1 aromatic heterocycles. The average molecular weight is 447 g/mol. The lowest BCUT2D eigenvalue weighted by Gasteiger charge is -2.09. The van der Waals surface area contributed by atoms with E-state index in [4.69, 9.17) is 0 Å². The number of hydrogen-bond donors (Lipinski definition) is 0. The first-order chi connectivity index (χ1) is 8.00. The Morgan fingerprint density at radius 1 is 1.18 bits per heavy atom. The van der Waals surface area contributed by atoms with Crippen LogP contribution in [-0.4, -0.2) is 0 Å². The van der Waals surface area contributed by atoms with E-state index >= 15 is 0 Å². The summed E-state index contributed by atoms with van der Waals surface area (Å²) in [5.74, 6) is -1.64. The molecule has 0 saturated carbocycles. The van der Waals surface area contributed by atoms with Crippen LogP contribution in [0, 0.1) is 11.6 Å². The van der Waals surface area contributed by atoms with Crippen molar-refractivity contribution in [2.75, 3.05) is 0 Å². The first kappa shape index (κ1) is 13.6. The predicted molar refractivity (Wildman–Crippen MR) is 76.8 cm³/mol. The van der Waals surface area contributed by atoms with Crippen LogP contribution in [0.4, 0.5) is 8.78 Å². The lowest BCUT2D eigenvalue weighted by atomic mass is 10.1. The van der Waals surface area contributed by atoms with Crippen molar-refractivity contribution in [3.8, 4) is 0 Å². The number of halogens is 5. The summed E-state index contributed by atoms with van der Waals surface area (Å²) < 4.78 is 28.6. The summed E-state index contributed by atoms with van der Waals surface area (Å²) in [6.45, 7) is 0. The van der Waals surface area contributed by atoms with Crippen molar-refractivity contribution in [1.82, 2.24) is 0 Å². The maximum absolute atomic E-state index is 13.6. The molecule has 0 aliphatic heterocycles. The van der Waals surface area contributed by atoms with Gasteiger partial charge in [-0.3, -0.25) is 0 Å². The molecule has 0 N–H and O–H groups in total. The van der Waals surface area contributed by atoms with E-state index in [-0.39, 0.29) is 4.83 Å². The van der Waals surface area contributed by atoms with Crippen LogP contribution in [0.3, 0.4) is 0 Å². The Hall–Kier alpha value is 0.220. The lowest BCUT2D eigenvalue weighted by molar-refractivity contribution is 0.501. The summed E-state index contributed by atoms with van der Waals surface area (Å²) in [5, 5.41) is 0. The van der Waals surface area contributed by atoms with Crippen molar-refractivity contribution in [2.45, 2.75) is 4.83 Å². The van der Waals surface area contributed by atoms with Crippen LogP contribution in [-0.2, 0) is 0 Å². The standard InChI is InChI=1S/C11H5Br3F2S/c12-6-4-8(17-11(6)14)9(13)5-2-1-3-7(15)10(5)16/h1-4,9H. The number of benzene rings is 1. The highest BCUT2D eigenvalue weighted by molar-refractivity contribution is 9.13. The molecule has 0 saturated heterocycles. The highest BCUT2D eigenvalue weighted by Crippen LogP contribution is 2.42. The average Bonchev–Trinajstić information content (AvgIpc) is 2.62. The van der Waals surface area contributed by atoms with Crippen molar-refractivity contribution in [3.63, 3.8) is 0 Å². The Morgan fingerprint density at radius 3 is 2.47 bits per heavy atom. The van der Waals surface area contributed by atoms with Crippen LogP contribution < -0.4 is 0 Å². The second kappa shape index (κ2) is 5.47. The molecule has 0 radical (unpaired) electrons. The molecular weight excluding hydrogens is 442 g/mol. The molecule has 1 atom stereocenters. The third kappa shape index (κ3) is 2.80. The Bertz CT molecular complexity index is 534. The molecule has 1 aromatic carbocycles. The fourth-order valence-electron chi connectivity index (χ4n) is 1.36. The minimum atomic E-state index is -0.832. The van der Waals surface area contributed by atoms with Gasteiger partial charge in [0.1, 0.15) is 0 Å². The zero-order valence-corrected chi connectivity index (χ0v) is 13.8. The van der Waals surface area contributed by atoms with E-state index in [2.05, 4.69) is 47.8 Å². The van der Waals surface area contributed by atoms with E-state index in [1.54, 1.807) is 6.07 Å². The Morgan fingerprint density at radius 2 is 1.88 bits per heavy atom. The van der Waals surface area contributed by atoms with Gasteiger partial charge in [0.2, 0.25) is 0 Å². The second-order valence-electron chi connectivity index (χ2n) is 3.28. The highest BCUT2D eigenvalue weighted by atomic mass is 79.9. The molecule has 6 heteroatoms. The molecule has 17 heavy (non-hydrogen) atoms. The third-order valence-corrected chi connectivity index (χ3v) is 6.78. The van der Waals surface area contributed by atoms with E-state index in [1.807, 2.05) is 6.07 Å². The van der Waals surface area contributed by atoms with Crippen LogP contribution in [0.2, 0.25) is 0 Å². The lowest BCUT2D eigenvalue weighted by Crippen LogP contribution is -1.97. The molecule has 90 valence electrons. The smallest absolute Gasteiger partial charge is 0.163 e. The number of alkyl halides is 1. The number of rotatable bonds is 2. The predicted octanol–water partition coefficient (Wildman–Crippen LogP) is 6.04. The van der Waals surface area contributed by atoms with Crippen molar-refractivity contribution >= 4 is 59.1 Å². The van der Waals surface area contributed by atoms with Gasteiger partial charge in [-0.25, -0.2) is 8.78 Å². The van der Waals surface area contributed by atoms with Gasteiger partial charge < -0.3 is 0 Å². The molecule has 0 spiro atoms. The van der Waals surface area contributed by atoms with Gasteiger partial charge in [-0.1, -0.05) is 28.1 Å². The molecule has 0 bridgehead atoms. The third-order valence-electron chi connectivity index (χ3n) is 2.17. The van der Waals surface area contributed by atoms with Gasteiger partial charge >= 0.3 is 0 Å². The molecule has 0 aliphatic rings. The normalized spacial score (nSPS) is 12.8. The molecule has 1 unspecified atom stereocenters. The van der Waals surface area contributed by atoms with Crippen molar-refractivity contribution in [3.05, 3.63) is 54.6 Å². The quantitative estimate of drug-likeness (QED) is 0.494. The van der Waals surface area contributed by atoms with E-state index in [1.165, 1.54) is 17.4 Å². The van der Waals surface area contributed by atoms with Gasteiger partial charge in [-0.05, 0) is 44.0 Å². The van der Waals surface area contributed by atoms with Gasteiger partial charge in [-0.15, -0.1) is 11.3 Å². The van der Waals surface area contributed by atoms with Crippen LogP contribution in [0.25, 0.3) is 0 Å². The zero-order valence-electron chi connectivity index (χ0n) is 8.18. The largest absolute Gasteiger partial charge is 0.204 e. The summed E-state index contributed by atoms with van der Waals surface area (Å²) in [6.07, 6.45) is 0. The first-order valence-corrected chi connectivity index (χ1v) is 7.85. The van der Waals surface area contributed by atoms with Crippen molar-refractivity contribution in [2.24, 2.45) is 0 Å². The maximum atomic E-state index is 13.6. The zero-order chi connectivity index (χ0) is 12.6. The van der Waals surface area contributed by atoms with Gasteiger partial charge in [-0.2, -0.15) is 0 Å². The molecular formula is C11H5Br3F2S. The van der Waals surface area contributed by atoms with Crippen molar-refractivity contribution < 1.29 is 8.78 Å². The monoisotopic (exact) mass is 444 g/mol. The number of hydrogen-bond acceptors (Lipinski definition) is 1. The second-order valence-corrected chi connectivity index (χ2v) is 7.45. The minimum absolute atomic E-state index is 0.297. The van der Waals surface area contributed by atoms with Crippen LogP contribution in [0.15, 0.2) is 32.5 Å². The summed E-state index contributed by atoms with van der Waals surface area (Å²) >= 11 is 11.6. The van der Waals surface area contributed by atoms with Gasteiger partial charge in [0.15, 0.2) is 11.6 Å². The molecule has 0 aliphatic carbocycles. The van der Waals surface area contributed by atoms with E-state index in [0.717, 1.165) is 19.2 Å². The molecule has 2 aromatic rings. The number of thiophene rings is 1. The molecule has 1 heterocycles.